The predicted molar refractivity (Wildman–Crippen MR) is 28.4 cm³/mol. The predicted octanol–water partition coefficient (Wildman–Crippen LogP) is 0.621. The molecule has 0 aliphatic heterocycles. The minimum atomic E-state index is -0.383. The Hall–Kier alpha value is -0.990. The summed E-state index contributed by atoms with van der Waals surface area (Å²) in [5.41, 5.74) is 0. The van der Waals surface area contributed by atoms with Crippen LogP contribution in [0.4, 0.5) is 0 Å². The van der Waals surface area contributed by atoms with E-state index in [1.165, 1.54) is 0 Å². The molecule has 0 bridgehead atoms. The van der Waals surface area contributed by atoms with Gasteiger partial charge in [-0.05, 0) is 6.92 Å². The fourth-order valence-electron chi connectivity index (χ4n) is 0.196. The maximum atomic E-state index is 9.61. The first-order valence-electron chi connectivity index (χ1n) is 2.27. The van der Waals surface area contributed by atoms with Gasteiger partial charge in [0.25, 0.3) is 0 Å². The number of carbonyl (C=O) groups is 1. The van der Waals surface area contributed by atoms with Crippen LogP contribution in [-0.2, 0) is 9.53 Å². The SMILES string of the molecule is CCO/C=C(\O)C=O. The largest absolute Gasteiger partial charge is 0.502 e. The van der Waals surface area contributed by atoms with Crippen molar-refractivity contribution < 1.29 is 14.6 Å². The normalized spacial score (nSPS) is 10.9. The van der Waals surface area contributed by atoms with Gasteiger partial charge in [-0.1, -0.05) is 0 Å². The molecule has 0 saturated carbocycles. The first-order chi connectivity index (χ1) is 3.81. The molecule has 0 aliphatic rings. The third-order valence-electron chi connectivity index (χ3n) is 0.491. The molecule has 0 aromatic heterocycles. The van der Waals surface area contributed by atoms with Gasteiger partial charge in [0.05, 0.1) is 6.61 Å². The Bertz CT molecular complexity index is 95.8. The van der Waals surface area contributed by atoms with Crippen molar-refractivity contribution in [3.8, 4) is 0 Å². The minimum absolute atomic E-state index is 0.315. The van der Waals surface area contributed by atoms with E-state index in [1.807, 2.05) is 0 Å². The van der Waals surface area contributed by atoms with E-state index in [0.29, 0.717) is 12.9 Å². The van der Waals surface area contributed by atoms with Crippen LogP contribution in [0.15, 0.2) is 12.0 Å². The van der Waals surface area contributed by atoms with E-state index in [1.54, 1.807) is 6.92 Å². The Balaban J connectivity index is 3.40. The summed E-state index contributed by atoms with van der Waals surface area (Å²) in [6.45, 7) is 2.21. The van der Waals surface area contributed by atoms with Crippen molar-refractivity contribution in [3.63, 3.8) is 0 Å². The lowest BCUT2D eigenvalue weighted by Gasteiger charge is -1.90. The van der Waals surface area contributed by atoms with Crippen LogP contribution in [0.5, 0.6) is 0 Å². The maximum absolute atomic E-state index is 9.61. The molecule has 0 saturated heterocycles. The van der Waals surface area contributed by atoms with E-state index in [0.717, 1.165) is 6.26 Å². The van der Waals surface area contributed by atoms with Crippen molar-refractivity contribution in [2.45, 2.75) is 6.92 Å². The first kappa shape index (κ1) is 7.01. The molecule has 1 N–H and O–H groups in total. The van der Waals surface area contributed by atoms with Crippen LogP contribution in [0.25, 0.3) is 0 Å². The molecule has 0 aromatic carbocycles. The standard InChI is InChI=1S/C5H8O3/c1-2-8-4-5(7)3-6/h3-4,7H,2H2,1H3/b5-4-. The van der Waals surface area contributed by atoms with E-state index in [4.69, 9.17) is 5.11 Å². The Morgan fingerprint density at radius 2 is 2.50 bits per heavy atom. The van der Waals surface area contributed by atoms with E-state index in [-0.39, 0.29) is 5.76 Å². The average Bonchev–Trinajstić information content (AvgIpc) is 1.83. The summed E-state index contributed by atoms with van der Waals surface area (Å²) in [6, 6.07) is 0. The summed E-state index contributed by atoms with van der Waals surface area (Å²) >= 11 is 0. The second kappa shape index (κ2) is 4.18. The third kappa shape index (κ3) is 3.21. The summed E-state index contributed by atoms with van der Waals surface area (Å²) < 4.78 is 4.54. The molecule has 0 radical (unpaired) electrons. The molecule has 3 heteroatoms. The van der Waals surface area contributed by atoms with Crippen LogP contribution >= 0.6 is 0 Å². The number of carbonyl (C=O) groups excluding carboxylic acids is 1. The van der Waals surface area contributed by atoms with Crippen molar-refractivity contribution in [2.75, 3.05) is 6.61 Å². The van der Waals surface area contributed by atoms with Crippen LogP contribution < -0.4 is 0 Å². The van der Waals surface area contributed by atoms with Gasteiger partial charge in [0.1, 0.15) is 6.26 Å². The molecule has 0 unspecified atom stereocenters. The molecular formula is C5H8O3. The van der Waals surface area contributed by atoms with Gasteiger partial charge < -0.3 is 9.84 Å². The zero-order valence-corrected chi connectivity index (χ0v) is 4.63. The van der Waals surface area contributed by atoms with E-state index >= 15 is 0 Å². The van der Waals surface area contributed by atoms with Crippen molar-refractivity contribution in [3.05, 3.63) is 12.0 Å². The van der Waals surface area contributed by atoms with E-state index in [9.17, 15) is 4.79 Å². The van der Waals surface area contributed by atoms with Crippen molar-refractivity contribution in [1.29, 1.82) is 0 Å². The molecule has 0 fully saturated rings. The summed E-state index contributed by atoms with van der Waals surface area (Å²) in [4.78, 5) is 9.61. The van der Waals surface area contributed by atoms with Crippen LogP contribution in [0.2, 0.25) is 0 Å². The fraction of sp³-hybridized carbons (Fsp3) is 0.400. The van der Waals surface area contributed by atoms with Crippen LogP contribution in [0.3, 0.4) is 0 Å². The highest BCUT2D eigenvalue weighted by Gasteiger charge is 1.83. The van der Waals surface area contributed by atoms with Crippen molar-refractivity contribution in [2.24, 2.45) is 0 Å². The number of hydrogen-bond donors (Lipinski definition) is 1. The lowest BCUT2D eigenvalue weighted by Crippen LogP contribution is -1.84. The van der Waals surface area contributed by atoms with Gasteiger partial charge in [-0.3, -0.25) is 4.79 Å². The van der Waals surface area contributed by atoms with Gasteiger partial charge in [0.2, 0.25) is 0 Å². The van der Waals surface area contributed by atoms with E-state index in [2.05, 4.69) is 4.74 Å². The zero-order valence-electron chi connectivity index (χ0n) is 4.63. The van der Waals surface area contributed by atoms with Gasteiger partial charge in [-0.25, -0.2) is 0 Å². The zero-order chi connectivity index (χ0) is 6.41. The first-order valence-corrected chi connectivity index (χ1v) is 2.27. The number of aliphatic hydroxyl groups is 1. The molecule has 0 amide bonds. The van der Waals surface area contributed by atoms with Gasteiger partial charge in [0.15, 0.2) is 12.0 Å². The van der Waals surface area contributed by atoms with Crippen LogP contribution in [0.1, 0.15) is 6.92 Å². The smallest absolute Gasteiger partial charge is 0.190 e. The maximum Gasteiger partial charge on any atom is 0.190 e. The van der Waals surface area contributed by atoms with Crippen LogP contribution in [0, 0.1) is 0 Å². The van der Waals surface area contributed by atoms with Gasteiger partial charge in [-0.15, -0.1) is 0 Å². The highest BCUT2D eigenvalue weighted by Crippen LogP contribution is 1.81. The van der Waals surface area contributed by atoms with Crippen molar-refractivity contribution in [1.82, 2.24) is 0 Å². The van der Waals surface area contributed by atoms with E-state index < -0.39 is 0 Å². The number of aliphatic hydroxyl groups excluding tert-OH is 1. The highest BCUT2D eigenvalue weighted by molar-refractivity contribution is 5.68. The lowest BCUT2D eigenvalue weighted by atomic mass is 10.6. The molecule has 0 heterocycles. The summed E-state index contributed by atoms with van der Waals surface area (Å²) in [7, 11) is 0. The van der Waals surface area contributed by atoms with Gasteiger partial charge in [-0.2, -0.15) is 0 Å². The quantitative estimate of drug-likeness (QED) is 0.334. The van der Waals surface area contributed by atoms with Gasteiger partial charge >= 0.3 is 0 Å². The Morgan fingerprint density at radius 3 is 2.88 bits per heavy atom. The second-order valence-corrected chi connectivity index (χ2v) is 1.12. The number of ether oxygens (including phenoxy) is 1. The Morgan fingerprint density at radius 1 is 1.88 bits per heavy atom. The monoisotopic (exact) mass is 116 g/mol. The van der Waals surface area contributed by atoms with Gasteiger partial charge in [0, 0.05) is 0 Å². The number of hydrogen-bond acceptors (Lipinski definition) is 3. The summed E-state index contributed by atoms with van der Waals surface area (Å²) in [5.74, 6) is -0.383. The molecular weight excluding hydrogens is 108 g/mol. The molecule has 3 nitrogen and oxygen atoms in total. The molecule has 46 valence electrons. The Kier molecular flexibility index (Phi) is 3.66. The molecule has 0 aromatic rings. The molecule has 0 atom stereocenters. The Labute approximate surface area is 47.6 Å². The summed E-state index contributed by atoms with van der Waals surface area (Å²) in [5, 5.41) is 8.36. The highest BCUT2D eigenvalue weighted by atomic mass is 16.5. The molecule has 8 heavy (non-hydrogen) atoms. The molecule has 0 aliphatic carbocycles. The topological polar surface area (TPSA) is 46.5 Å². The molecule has 0 spiro atoms. The lowest BCUT2D eigenvalue weighted by molar-refractivity contribution is -0.107. The number of rotatable bonds is 3. The number of allylic oxidation sites excluding steroid dienone is 1. The second-order valence-electron chi connectivity index (χ2n) is 1.12. The summed E-state index contributed by atoms with van der Waals surface area (Å²) in [6.07, 6.45) is 1.32. The number of aldehydes is 1. The van der Waals surface area contributed by atoms with Crippen molar-refractivity contribution >= 4 is 6.29 Å². The minimum Gasteiger partial charge on any atom is -0.502 e. The average molecular weight is 116 g/mol. The van der Waals surface area contributed by atoms with Crippen LogP contribution in [-0.4, -0.2) is 18.0 Å². The fourth-order valence-corrected chi connectivity index (χ4v) is 0.196. The third-order valence-corrected chi connectivity index (χ3v) is 0.491. The molecule has 0 rings (SSSR count).